The highest BCUT2D eigenvalue weighted by atomic mass is 19.1. The third kappa shape index (κ3) is 4.58. The molecule has 1 atom stereocenters. The van der Waals surface area contributed by atoms with Crippen LogP contribution in [0.15, 0.2) is 24.3 Å². The molecule has 0 spiro atoms. The van der Waals surface area contributed by atoms with E-state index >= 15 is 0 Å². The molecular formula is C15H22FN3O. The Morgan fingerprint density at radius 1 is 1.35 bits per heavy atom. The van der Waals surface area contributed by atoms with E-state index in [1.54, 1.807) is 0 Å². The van der Waals surface area contributed by atoms with Crippen LogP contribution in [0.1, 0.15) is 24.8 Å². The zero-order valence-electron chi connectivity index (χ0n) is 11.6. The van der Waals surface area contributed by atoms with E-state index in [9.17, 15) is 9.18 Å². The number of benzene rings is 1. The van der Waals surface area contributed by atoms with Crippen LogP contribution in [0.5, 0.6) is 0 Å². The minimum Gasteiger partial charge on any atom is -0.369 e. The first kappa shape index (κ1) is 14.9. The lowest BCUT2D eigenvalue weighted by Crippen LogP contribution is -2.51. The van der Waals surface area contributed by atoms with Crippen molar-refractivity contribution in [1.82, 2.24) is 10.2 Å². The second kappa shape index (κ2) is 7.36. The van der Waals surface area contributed by atoms with Gasteiger partial charge in [0.25, 0.3) is 0 Å². The maximum absolute atomic E-state index is 12.9. The number of likely N-dealkylation sites (tertiary alicyclic amines) is 1. The van der Waals surface area contributed by atoms with Gasteiger partial charge in [-0.1, -0.05) is 12.1 Å². The second-order valence-electron chi connectivity index (χ2n) is 5.27. The molecule has 1 fully saturated rings. The minimum absolute atomic E-state index is 0.201. The fourth-order valence-corrected chi connectivity index (χ4v) is 2.63. The molecule has 4 nitrogen and oxygen atoms in total. The Kier molecular flexibility index (Phi) is 5.49. The molecule has 110 valence electrons. The molecule has 2 rings (SSSR count). The number of piperidine rings is 1. The van der Waals surface area contributed by atoms with Crippen LogP contribution in [-0.4, -0.2) is 36.6 Å². The monoisotopic (exact) mass is 279 g/mol. The lowest BCUT2D eigenvalue weighted by molar-refractivity contribution is -0.117. The van der Waals surface area contributed by atoms with Gasteiger partial charge in [0.15, 0.2) is 0 Å². The first-order valence-electron chi connectivity index (χ1n) is 7.15. The summed E-state index contributed by atoms with van der Waals surface area (Å²) >= 11 is 0. The van der Waals surface area contributed by atoms with E-state index < -0.39 is 0 Å². The molecule has 1 unspecified atom stereocenters. The number of carbonyl (C=O) groups excluding carboxylic acids is 1. The van der Waals surface area contributed by atoms with Crippen LogP contribution < -0.4 is 11.1 Å². The molecule has 1 amide bonds. The lowest BCUT2D eigenvalue weighted by Gasteiger charge is -2.36. The molecule has 20 heavy (non-hydrogen) atoms. The van der Waals surface area contributed by atoms with Gasteiger partial charge in [0.1, 0.15) is 5.82 Å². The largest absolute Gasteiger partial charge is 0.369 e. The van der Waals surface area contributed by atoms with E-state index in [1.165, 1.54) is 25.0 Å². The standard InChI is InChI=1S/C15H22FN3O/c16-13-6-4-12(5-7-13)8-10-19-9-2-1-3-15(19)18-11-14(17)20/h4-7,15,18H,1-3,8-11H2,(H2,17,20). The number of hydrogen-bond acceptors (Lipinski definition) is 3. The SMILES string of the molecule is NC(=O)CNC1CCCCN1CCc1ccc(F)cc1. The molecule has 0 aliphatic carbocycles. The molecule has 1 aromatic rings. The molecular weight excluding hydrogens is 257 g/mol. The summed E-state index contributed by atoms with van der Waals surface area (Å²) in [5.41, 5.74) is 6.31. The summed E-state index contributed by atoms with van der Waals surface area (Å²) in [7, 11) is 0. The van der Waals surface area contributed by atoms with Gasteiger partial charge in [0.05, 0.1) is 12.7 Å². The summed E-state index contributed by atoms with van der Waals surface area (Å²) in [5, 5.41) is 3.21. The fraction of sp³-hybridized carbons (Fsp3) is 0.533. The van der Waals surface area contributed by atoms with E-state index in [2.05, 4.69) is 10.2 Å². The number of amides is 1. The van der Waals surface area contributed by atoms with Gasteiger partial charge in [0.2, 0.25) is 5.91 Å². The normalized spacial score (nSPS) is 19.9. The Morgan fingerprint density at radius 3 is 2.80 bits per heavy atom. The zero-order valence-corrected chi connectivity index (χ0v) is 11.6. The molecule has 0 aromatic heterocycles. The first-order chi connectivity index (χ1) is 9.65. The van der Waals surface area contributed by atoms with Gasteiger partial charge >= 0.3 is 0 Å². The predicted octanol–water partition coefficient (Wildman–Crippen LogP) is 1.26. The molecule has 0 radical (unpaired) electrons. The zero-order chi connectivity index (χ0) is 14.4. The summed E-state index contributed by atoms with van der Waals surface area (Å²) in [6.45, 7) is 2.15. The van der Waals surface area contributed by atoms with Gasteiger partial charge in [-0.05, 0) is 49.9 Å². The second-order valence-corrected chi connectivity index (χ2v) is 5.27. The number of nitrogens with two attached hydrogens (primary N) is 1. The Labute approximate surface area is 119 Å². The quantitative estimate of drug-likeness (QED) is 0.824. The summed E-state index contributed by atoms with van der Waals surface area (Å²) in [6.07, 6.45) is 4.49. The predicted molar refractivity (Wildman–Crippen MR) is 76.5 cm³/mol. The molecule has 0 bridgehead atoms. The van der Waals surface area contributed by atoms with Gasteiger partial charge in [-0.15, -0.1) is 0 Å². The number of hydrogen-bond donors (Lipinski definition) is 2. The third-order valence-electron chi connectivity index (χ3n) is 3.73. The Bertz CT molecular complexity index is 435. The van der Waals surface area contributed by atoms with Crippen molar-refractivity contribution < 1.29 is 9.18 Å². The highest BCUT2D eigenvalue weighted by Gasteiger charge is 2.21. The number of halogens is 1. The molecule has 1 aromatic carbocycles. The van der Waals surface area contributed by atoms with Gasteiger partial charge in [-0.25, -0.2) is 4.39 Å². The smallest absolute Gasteiger partial charge is 0.231 e. The molecule has 1 heterocycles. The van der Waals surface area contributed by atoms with Crippen molar-refractivity contribution in [2.45, 2.75) is 31.8 Å². The van der Waals surface area contributed by atoms with Crippen LogP contribution in [0.4, 0.5) is 4.39 Å². The van der Waals surface area contributed by atoms with Crippen LogP contribution in [0.2, 0.25) is 0 Å². The molecule has 3 N–H and O–H groups in total. The van der Waals surface area contributed by atoms with Crippen molar-refractivity contribution in [2.75, 3.05) is 19.6 Å². The van der Waals surface area contributed by atoms with Crippen molar-refractivity contribution >= 4 is 5.91 Å². The summed E-state index contributed by atoms with van der Waals surface area (Å²) in [4.78, 5) is 13.2. The average Bonchev–Trinajstić information content (AvgIpc) is 2.45. The van der Waals surface area contributed by atoms with Crippen molar-refractivity contribution in [3.63, 3.8) is 0 Å². The summed E-state index contributed by atoms with van der Waals surface area (Å²) in [5.74, 6) is -0.526. The number of nitrogens with zero attached hydrogens (tertiary/aromatic N) is 1. The highest BCUT2D eigenvalue weighted by molar-refractivity contribution is 5.75. The van der Waals surface area contributed by atoms with Crippen LogP contribution in [0.25, 0.3) is 0 Å². The number of carbonyl (C=O) groups is 1. The van der Waals surface area contributed by atoms with E-state index in [0.29, 0.717) is 0 Å². The van der Waals surface area contributed by atoms with Gasteiger partial charge in [-0.3, -0.25) is 15.0 Å². The maximum atomic E-state index is 12.9. The van der Waals surface area contributed by atoms with Gasteiger partial charge < -0.3 is 5.73 Å². The maximum Gasteiger partial charge on any atom is 0.231 e. The fourth-order valence-electron chi connectivity index (χ4n) is 2.63. The highest BCUT2D eigenvalue weighted by Crippen LogP contribution is 2.15. The minimum atomic E-state index is -0.325. The molecule has 0 saturated carbocycles. The van der Waals surface area contributed by atoms with Crippen LogP contribution in [-0.2, 0) is 11.2 Å². The van der Waals surface area contributed by atoms with Gasteiger partial charge in [0, 0.05) is 6.54 Å². The number of nitrogens with one attached hydrogen (secondary N) is 1. The lowest BCUT2D eigenvalue weighted by atomic mass is 10.1. The topological polar surface area (TPSA) is 58.4 Å². The first-order valence-corrected chi connectivity index (χ1v) is 7.15. The molecule has 5 heteroatoms. The van der Waals surface area contributed by atoms with Crippen LogP contribution >= 0.6 is 0 Å². The van der Waals surface area contributed by atoms with Gasteiger partial charge in [-0.2, -0.15) is 0 Å². The summed E-state index contributed by atoms with van der Waals surface area (Å²) in [6, 6.07) is 6.64. The number of rotatable bonds is 6. The van der Waals surface area contributed by atoms with Crippen molar-refractivity contribution in [1.29, 1.82) is 0 Å². The molecule has 1 saturated heterocycles. The van der Waals surface area contributed by atoms with E-state index in [1.807, 2.05) is 12.1 Å². The Morgan fingerprint density at radius 2 is 2.10 bits per heavy atom. The average molecular weight is 279 g/mol. The Hall–Kier alpha value is -1.46. The van der Waals surface area contributed by atoms with Crippen molar-refractivity contribution in [3.8, 4) is 0 Å². The van der Waals surface area contributed by atoms with Crippen LogP contribution in [0, 0.1) is 5.82 Å². The number of primary amides is 1. The van der Waals surface area contributed by atoms with E-state index in [4.69, 9.17) is 5.73 Å². The van der Waals surface area contributed by atoms with Crippen molar-refractivity contribution in [3.05, 3.63) is 35.6 Å². The Balaban J connectivity index is 1.84. The van der Waals surface area contributed by atoms with Crippen LogP contribution in [0.3, 0.4) is 0 Å². The van der Waals surface area contributed by atoms with Crippen molar-refractivity contribution in [2.24, 2.45) is 5.73 Å². The van der Waals surface area contributed by atoms with E-state index in [0.717, 1.165) is 31.5 Å². The third-order valence-corrected chi connectivity index (χ3v) is 3.73. The van der Waals surface area contributed by atoms with E-state index in [-0.39, 0.29) is 24.4 Å². The molecule has 1 aliphatic heterocycles. The summed E-state index contributed by atoms with van der Waals surface area (Å²) < 4.78 is 12.9. The molecule has 1 aliphatic rings.